The minimum Gasteiger partial charge on any atom is -0.353 e. The summed E-state index contributed by atoms with van der Waals surface area (Å²) in [6.07, 6.45) is 3.78. The number of aryl methyl sites for hydroxylation is 2. The Kier molecular flexibility index (Phi) is 5.88. The molecule has 1 aromatic carbocycles. The summed E-state index contributed by atoms with van der Waals surface area (Å²) >= 11 is 0. The molecule has 0 radical (unpaired) electrons. The molecule has 1 aliphatic heterocycles. The first-order valence-corrected chi connectivity index (χ1v) is 10.2. The molecule has 0 spiro atoms. The van der Waals surface area contributed by atoms with E-state index >= 15 is 0 Å². The van der Waals surface area contributed by atoms with Crippen molar-refractivity contribution in [1.82, 2.24) is 19.9 Å². The fourth-order valence-corrected chi connectivity index (χ4v) is 3.62. The van der Waals surface area contributed by atoms with E-state index in [0.29, 0.717) is 25.3 Å². The molecule has 7 nitrogen and oxygen atoms in total. The van der Waals surface area contributed by atoms with Crippen molar-refractivity contribution in [2.24, 2.45) is 0 Å². The van der Waals surface area contributed by atoms with Crippen LogP contribution in [0.25, 0.3) is 0 Å². The number of pyridine rings is 1. The van der Waals surface area contributed by atoms with Crippen molar-refractivity contribution in [3.05, 3.63) is 71.7 Å². The number of anilines is 3. The molecule has 0 atom stereocenters. The average molecular weight is 403 g/mol. The lowest BCUT2D eigenvalue weighted by Crippen LogP contribution is -2.49. The SMILES string of the molecule is Cc1cccc(CC(=O)N2CCN(c3cc(Nc4cc(C)ccn4)ncn3)CC2)c1. The normalized spacial score (nSPS) is 13.9. The van der Waals surface area contributed by atoms with E-state index in [2.05, 4.69) is 31.2 Å². The van der Waals surface area contributed by atoms with Crippen LogP contribution in [0.5, 0.6) is 0 Å². The highest BCUT2D eigenvalue weighted by atomic mass is 16.2. The van der Waals surface area contributed by atoms with Crippen LogP contribution in [0.1, 0.15) is 16.7 Å². The standard InChI is InChI=1S/C23H26N6O/c1-17-4-3-5-19(12-17)14-23(30)29-10-8-28(9-11-29)22-15-21(25-16-26-22)27-20-13-18(2)6-7-24-20/h3-7,12-13,15-16H,8-11,14H2,1-2H3,(H,24,25,26,27). The fraction of sp³-hybridized carbons (Fsp3) is 0.304. The van der Waals surface area contributed by atoms with Gasteiger partial charge in [0, 0.05) is 38.4 Å². The van der Waals surface area contributed by atoms with Gasteiger partial charge in [0.05, 0.1) is 6.42 Å². The Balaban J connectivity index is 1.35. The van der Waals surface area contributed by atoms with Crippen molar-refractivity contribution in [2.45, 2.75) is 20.3 Å². The summed E-state index contributed by atoms with van der Waals surface area (Å²) in [5.74, 6) is 2.49. The van der Waals surface area contributed by atoms with Gasteiger partial charge in [0.25, 0.3) is 0 Å². The van der Waals surface area contributed by atoms with E-state index in [-0.39, 0.29) is 5.91 Å². The van der Waals surface area contributed by atoms with Crippen LogP contribution >= 0.6 is 0 Å². The van der Waals surface area contributed by atoms with Gasteiger partial charge < -0.3 is 15.1 Å². The first-order chi connectivity index (χ1) is 14.6. The lowest BCUT2D eigenvalue weighted by Gasteiger charge is -2.35. The lowest BCUT2D eigenvalue weighted by molar-refractivity contribution is -0.130. The molecule has 30 heavy (non-hydrogen) atoms. The van der Waals surface area contributed by atoms with E-state index in [1.54, 1.807) is 12.5 Å². The number of carbonyl (C=O) groups excluding carboxylic acids is 1. The number of benzene rings is 1. The molecular weight excluding hydrogens is 376 g/mol. The van der Waals surface area contributed by atoms with Gasteiger partial charge in [-0.15, -0.1) is 0 Å². The topological polar surface area (TPSA) is 74.2 Å². The fourth-order valence-electron chi connectivity index (χ4n) is 3.62. The number of nitrogens with one attached hydrogen (secondary N) is 1. The Morgan fingerprint density at radius 2 is 1.70 bits per heavy atom. The summed E-state index contributed by atoms with van der Waals surface area (Å²) in [6.45, 7) is 6.95. The largest absolute Gasteiger partial charge is 0.353 e. The first kappa shape index (κ1) is 19.8. The first-order valence-electron chi connectivity index (χ1n) is 10.2. The number of hydrogen-bond acceptors (Lipinski definition) is 6. The van der Waals surface area contributed by atoms with Gasteiger partial charge in [-0.3, -0.25) is 4.79 Å². The Bertz CT molecular complexity index is 1030. The number of nitrogens with zero attached hydrogens (tertiary/aromatic N) is 5. The van der Waals surface area contributed by atoms with Crippen molar-refractivity contribution >= 4 is 23.4 Å². The van der Waals surface area contributed by atoms with Gasteiger partial charge in [-0.1, -0.05) is 29.8 Å². The molecule has 0 saturated carbocycles. The van der Waals surface area contributed by atoms with Crippen LogP contribution in [-0.4, -0.2) is 51.9 Å². The molecule has 4 rings (SSSR count). The van der Waals surface area contributed by atoms with E-state index < -0.39 is 0 Å². The third kappa shape index (κ3) is 4.92. The molecule has 1 amide bonds. The maximum Gasteiger partial charge on any atom is 0.227 e. The number of piperazine rings is 1. The number of aromatic nitrogens is 3. The van der Waals surface area contributed by atoms with E-state index in [1.165, 1.54) is 5.56 Å². The van der Waals surface area contributed by atoms with Crippen LogP contribution < -0.4 is 10.2 Å². The highest BCUT2D eigenvalue weighted by molar-refractivity contribution is 5.79. The minimum absolute atomic E-state index is 0.177. The molecule has 3 aromatic rings. The summed E-state index contributed by atoms with van der Waals surface area (Å²) in [5, 5.41) is 3.23. The molecule has 1 saturated heterocycles. The maximum atomic E-state index is 12.7. The van der Waals surface area contributed by atoms with Crippen LogP contribution in [0.2, 0.25) is 0 Å². The van der Waals surface area contributed by atoms with Crippen LogP contribution in [0.4, 0.5) is 17.5 Å². The summed E-state index contributed by atoms with van der Waals surface area (Å²) in [5.41, 5.74) is 3.38. The Morgan fingerprint density at radius 3 is 2.47 bits per heavy atom. The second kappa shape index (κ2) is 8.90. The van der Waals surface area contributed by atoms with Gasteiger partial charge in [0.1, 0.15) is 23.8 Å². The van der Waals surface area contributed by atoms with Gasteiger partial charge in [-0.25, -0.2) is 15.0 Å². The molecule has 0 bridgehead atoms. The van der Waals surface area contributed by atoms with Crippen molar-refractivity contribution in [1.29, 1.82) is 0 Å². The summed E-state index contributed by atoms with van der Waals surface area (Å²) in [6, 6.07) is 14.0. The summed E-state index contributed by atoms with van der Waals surface area (Å²) in [4.78, 5) is 29.8. The number of carbonyl (C=O) groups is 1. The van der Waals surface area contributed by atoms with Gasteiger partial charge in [-0.05, 0) is 37.1 Å². The van der Waals surface area contributed by atoms with Gasteiger partial charge in [0.2, 0.25) is 5.91 Å². The quantitative estimate of drug-likeness (QED) is 0.707. The third-order valence-electron chi connectivity index (χ3n) is 5.22. The number of hydrogen-bond donors (Lipinski definition) is 1. The maximum absolute atomic E-state index is 12.7. The smallest absolute Gasteiger partial charge is 0.227 e. The zero-order valence-corrected chi connectivity index (χ0v) is 17.4. The van der Waals surface area contributed by atoms with Crippen LogP contribution in [0, 0.1) is 13.8 Å². The molecule has 1 N–H and O–H groups in total. The number of rotatable bonds is 5. The molecular formula is C23H26N6O. The second-order valence-electron chi connectivity index (χ2n) is 7.64. The van der Waals surface area contributed by atoms with Gasteiger partial charge in [-0.2, -0.15) is 0 Å². The molecule has 154 valence electrons. The van der Waals surface area contributed by atoms with Crippen LogP contribution in [-0.2, 0) is 11.2 Å². The Labute approximate surface area is 176 Å². The van der Waals surface area contributed by atoms with Crippen molar-refractivity contribution in [3.63, 3.8) is 0 Å². The highest BCUT2D eigenvalue weighted by Gasteiger charge is 2.22. The molecule has 0 unspecified atom stereocenters. The van der Waals surface area contributed by atoms with E-state index in [0.717, 1.165) is 35.9 Å². The molecule has 3 heterocycles. The Hall–Kier alpha value is -3.48. The van der Waals surface area contributed by atoms with Crippen LogP contribution in [0.15, 0.2) is 55.0 Å². The predicted octanol–water partition coefficient (Wildman–Crippen LogP) is 3.12. The minimum atomic E-state index is 0.177. The second-order valence-corrected chi connectivity index (χ2v) is 7.64. The van der Waals surface area contributed by atoms with Gasteiger partial charge in [0.15, 0.2) is 0 Å². The zero-order chi connectivity index (χ0) is 20.9. The van der Waals surface area contributed by atoms with E-state index in [1.807, 2.05) is 55.1 Å². The third-order valence-corrected chi connectivity index (χ3v) is 5.22. The van der Waals surface area contributed by atoms with Crippen molar-refractivity contribution in [2.75, 3.05) is 36.4 Å². The zero-order valence-electron chi connectivity index (χ0n) is 17.4. The monoisotopic (exact) mass is 402 g/mol. The average Bonchev–Trinajstić information content (AvgIpc) is 2.74. The molecule has 1 fully saturated rings. The lowest BCUT2D eigenvalue weighted by atomic mass is 10.1. The highest BCUT2D eigenvalue weighted by Crippen LogP contribution is 2.19. The van der Waals surface area contributed by atoms with Crippen molar-refractivity contribution < 1.29 is 4.79 Å². The molecule has 7 heteroatoms. The predicted molar refractivity (Wildman–Crippen MR) is 118 cm³/mol. The van der Waals surface area contributed by atoms with Crippen molar-refractivity contribution in [3.8, 4) is 0 Å². The molecule has 2 aromatic heterocycles. The van der Waals surface area contributed by atoms with E-state index in [9.17, 15) is 4.79 Å². The molecule has 0 aliphatic carbocycles. The van der Waals surface area contributed by atoms with E-state index in [4.69, 9.17) is 0 Å². The van der Waals surface area contributed by atoms with Crippen LogP contribution in [0.3, 0.4) is 0 Å². The van der Waals surface area contributed by atoms with Gasteiger partial charge >= 0.3 is 0 Å². The molecule has 1 aliphatic rings. The Morgan fingerprint density at radius 1 is 0.933 bits per heavy atom. The summed E-state index contributed by atoms with van der Waals surface area (Å²) < 4.78 is 0. The number of amides is 1. The summed E-state index contributed by atoms with van der Waals surface area (Å²) in [7, 11) is 0.